The van der Waals surface area contributed by atoms with Crippen LogP contribution in [-0.2, 0) is 0 Å². The molecular weight excluding hydrogens is 461 g/mol. The van der Waals surface area contributed by atoms with Gasteiger partial charge in [0.05, 0.1) is 7.11 Å². The van der Waals surface area contributed by atoms with Crippen LogP contribution in [0, 0.1) is 5.92 Å². The van der Waals surface area contributed by atoms with Gasteiger partial charge in [-0.3, -0.25) is 4.79 Å². The average Bonchev–Trinajstić information content (AvgIpc) is 2.79. The van der Waals surface area contributed by atoms with Gasteiger partial charge in [-0.15, -0.1) is 11.5 Å². The Morgan fingerprint density at radius 3 is 1.74 bits per heavy atom. The summed E-state index contributed by atoms with van der Waals surface area (Å²) in [6, 6.07) is 19.2. The van der Waals surface area contributed by atoms with Crippen LogP contribution in [-0.4, -0.2) is 12.9 Å². The molecule has 8 heteroatoms. The SMILES string of the molecule is COc1ccc([C@@H](/C(C)=C(\[O-])c2ccccc2[O-])[C@H](C)C(=O)c2ccccc2[O-])cc1.[Na+].[Na+].[Na+]. The molecule has 0 amide bonds. The first-order valence-corrected chi connectivity index (χ1v) is 9.93. The van der Waals surface area contributed by atoms with E-state index in [-0.39, 0.29) is 117 Å². The Labute approximate surface area is 267 Å². The summed E-state index contributed by atoms with van der Waals surface area (Å²) in [6.45, 7) is 3.33. The van der Waals surface area contributed by atoms with E-state index in [9.17, 15) is 20.1 Å². The number of carbonyl (C=O) groups is 1. The Hall–Kier alpha value is -0.730. The Balaban J connectivity index is 0.00000363. The first-order chi connectivity index (χ1) is 14.8. The van der Waals surface area contributed by atoms with Gasteiger partial charge in [0.1, 0.15) is 5.75 Å². The Morgan fingerprint density at radius 2 is 1.26 bits per heavy atom. The number of allylic oxidation sites excluding steroid dienone is 1. The van der Waals surface area contributed by atoms with Gasteiger partial charge < -0.3 is 20.1 Å². The fraction of sp³-hybridized carbons (Fsp3) is 0.192. The summed E-state index contributed by atoms with van der Waals surface area (Å²) in [6.07, 6.45) is 0. The van der Waals surface area contributed by atoms with Crippen molar-refractivity contribution in [2.24, 2.45) is 5.92 Å². The molecule has 0 aliphatic rings. The van der Waals surface area contributed by atoms with E-state index in [1.165, 1.54) is 24.3 Å². The molecule has 0 saturated heterocycles. The Kier molecular flexibility index (Phi) is 15.1. The first-order valence-electron chi connectivity index (χ1n) is 9.93. The third-order valence-electron chi connectivity index (χ3n) is 5.50. The Bertz CT molecular complexity index is 1110. The van der Waals surface area contributed by atoms with Gasteiger partial charge in [-0.2, -0.15) is 0 Å². The van der Waals surface area contributed by atoms with E-state index < -0.39 is 17.6 Å². The molecule has 34 heavy (non-hydrogen) atoms. The Morgan fingerprint density at radius 1 is 0.794 bits per heavy atom. The number of methoxy groups -OCH3 is 1. The summed E-state index contributed by atoms with van der Waals surface area (Å²) >= 11 is 0. The summed E-state index contributed by atoms with van der Waals surface area (Å²) in [5.41, 5.74) is 1.22. The topological polar surface area (TPSA) is 95.5 Å². The third kappa shape index (κ3) is 7.63. The zero-order valence-electron chi connectivity index (χ0n) is 20.6. The summed E-state index contributed by atoms with van der Waals surface area (Å²) in [4.78, 5) is 13.2. The smallest absolute Gasteiger partial charge is 0.872 e. The van der Waals surface area contributed by atoms with Gasteiger partial charge in [-0.1, -0.05) is 78.9 Å². The van der Waals surface area contributed by atoms with E-state index in [1.54, 1.807) is 69.5 Å². The van der Waals surface area contributed by atoms with E-state index in [2.05, 4.69) is 0 Å². The second-order valence-corrected chi connectivity index (χ2v) is 7.41. The van der Waals surface area contributed by atoms with Crippen LogP contribution >= 0.6 is 0 Å². The normalized spacial score (nSPS) is 12.6. The number of para-hydroxylation sites is 2. The van der Waals surface area contributed by atoms with Gasteiger partial charge in [0.15, 0.2) is 5.78 Å². The molecule has 5 nitrogen and oxygen atoms in total. The van der Waals surface area contributed by atoms with Gasteiger partial charge in [0.25, 0.3) is 0 Å². The monoisotopic (exact) mass is 484 g/mol. The number of hydrogen-bond acceptors (Lipinski definition) is 5. The van der Waals surface area contributed by atoms with Crippen molar-refractivity contribution in [2.75, 3.05) is 7.11 Å². The minimum Gasteiger partial charge on any atom is -0.872 e. The number of rotatable bonds is 7. The summed E-state index contributed by atoms with van der Waals surface area (Å²) < 4.78 is 5.21. The van der Waals surface area contributed by atoms with Crippen molar-refractivity contribution < 1.29 is 114 Å². The maximum Gasteiger partial charge on any atom is 1.00 e. The van der Waals surface area contributed by atoms with Crippen LogP contribution in [0.25, 0.3) is 5.76 Å². The van der Waals surface area contributed by atoms with Gasteiger partial charge in [0.2, 0.25) is 0 Å². The van der Waals surface area contributed by atoms with Crippen molar-refractivity contribution in [3.63, 3.8) is 0 Å². The van der Waals surface area contributed by atoms with Gasteiger partial charge in [0, 0.05) is 17.4 Å². The summed E-state index contributed by atoms with van der Waals surface area (Å²) in [5, 5.41) is 37.6. The predicted octanol–water partition coefficient (Wildman–Crippen LogP) is -5.75. The van der Waals surface area contributed by atoms with Gasteiger partial charge in [-0.05, 0) is 30.2 Å². The fourth-order valence-corrected chi connectivity index (χ4v) is 3.80. The molecule has 160 valence electrons. The van der Waals surface area contributed by atoms with E-state index >= 15 is 0 Å². The summed E-state index contributed by atoms with van der Waals surface area (Å²) in [7, 11) is 1.55. The van der Waals surface area contributed by atoms with Crippen LogP contribution in [0.5, 0.6) is 17.2 Å². The van der Waals surface area contributed by atoms with Crippen molar-refractivity contribution in [2.45, 2.75) is 19.8 Å². The van der Waals surface area contributed by atoms with Crippen LogP contribution in [0.4, 0.5) is 0 Å². The van der Waals surface area contributed by atoms with Crippen molar-refractivity contribution >= 4 is 11.5 Å². The molecule has 0 radical (unpaired) electrons. The molecule has 0 aliphatic heterocycles. The van der Waals surface area contributed by atoms with Crippen molar-refractivity contribution in [3.05, 3.63) is 95.1 Å². The standard InChI is InChI=1S/C26H26O5.3Na/c1-16(25(29)20-8-4-6-10-22(20)27)24(18-12-14-19(31-3)15-13-18)17(2)26(30)21-9-5-7-11-23(21)28;;;/h4-16,24,27-28,30H,1-3H3;;;/q;3*+1/p-3/b26-17-;;;/t16-,24+;;;/m0.../s1. The summed E-state index contributed by atoms with van der Waals surface area (Å²) in [5.74, 6) is -2.18. The molecule has 0 heterocycles. The number of ether oxygens (including phenoxy) is 1. The second-order valence-electron chi connectivity index (χ2n) is 7.41. The number of benzene rings is 3. The molecule has 0 unspecified atom stereocenters. The number of hydrogen-bond donors (Lipinski definition) is 0. The molecule has 0 bridgehead atoms. The van der Waals surface area contributed by atoms with E-state index in [0.717, 1.165) is 5.56 Å². The van der Waals surface area contributed by atoms with Gasteiger partial charge >= 0.3 is 88.7 Å². The quantitative estimate of drug-likeness (QED) is 0.189. The van der Waals surface area contributed by atoms with Crippen LogP contribution in [0.2, 0.25) is 0 Å². The molecule has 0 saturated carbocycles. The molecule has 0 fully saturated rings. The zero-order chi connectivity index (χ0) is 22.5. The van der Waals surface area contributed by atoms with Crippen LogP contribution in [0.3, 0.4) is 0 Å². The zero-order valence-corrected chi connectivity index (χ0v) is 26.6. The van der Waals surface area contributed by atoms with Crippen LogP contribution in [0.1, 0.15) is 41.3 Å². The maximum atomic E-state index is 13.2. The molecule has 3 aromatic rings. The predicted molar refractivity (Wildman–Crippen MR) is 114 cm³/mol. The van der Waals surface area contributed by atoms with E-state index in [1.807, 2.05) is 0 Å². The molecular formula is C26H23Na3O5. The number of carbonyl (C=O) groups excluding carboxylic acids is 1. The first kappa shape index (κ1) is 33.3. The van der Waals surface area contributed by atoms with Gasteiger partial charge in [-0.25, -0.2) is 0 Å². The molecule has 0 aromatic heterocycles. The van der Waals surface area contributed by atoms with Crippen LogP contribution < -0.4 is 109 Å². The fourth-order valence-electron chi connectivity index (χ4n) is 3.80. The largest absolute Gasteiger partial charge is 1.00 e. The maximum absolute atomic E-state index is 13.2. The minimum absolute atomic E-state index is 0. The van der Waals surface area contributed by atoms with Crippen molar-refractivity contribution in [1.29, 1.82) is 0 Å². The van der Waals surface area contributed by atoms with E-state index in [0.29, 0.717) is 11.3 Å². The third-order valence-corrected chi connectivity index (χ3v) is 5.50. The van der Waals surface area contributed by atoms with E-state index in [4.69, 9.17) is 4.74 Å². The molecule has 0 aliphatic carbocycles. The molecule has 2 atom stereocenters. The minimum atomic E-state index is -0.703. The number of ketones is 1. The second kappa shape index (κ2) is 15.4. The molecule has 3 aromatic carbocycles. The van der Waals surface area contributed by atoms with Crippen molar-refractivity contribution in [3.8, 4) is 17.2 Å². The number of Topliss-reactive ketones (excluding diaryl/α,β-unsaturated/α-hetero) is 1. The molecule has 3 rings (SSSR count). The van der Waals surface area contributed by atoms with Crippen LogP contribution in [0.15, 0.2) is 78.4 Å². The molecule has 0 N–H and O–H groups in total. The van der Waals surface area contributed by atoms with Crippen molar-refractivity contribution in [1.82, 2.24) is 0 Å². The molecule has 0 spiro atoms. The average molecular weight is 484 g/mol.